The lowest BCUT2D eigenvalue weighted by Crippen LogP contribution is -2.12. The third kappa shape index (κ3) is 3.38. The second-order valence-corrected chi connectivity index (χ2v) is 4.25. The van der Waals surface area contributed by atoms with Crippen LogP contribution in [0.25, 0.3) is 0 Å². The number of anilines is 1. The van der Waals surface area contributed by atoms with Crippen molar-refractivity contribution in [3.05, 3.63) is 58.7 Å². The molecule has 1 heterocycles. The predicted octanol–water partition coefficient (Wildman–Crippen LogP) is 4.37. The molecule has 0 aliphatic carbocycles. The molecule has 0 saturated heterocycles. The number of aromatic nitrogens is 1. The first-order valence-electron chi connectivity index (χ1n) is 5.48. The van der Waals surface area contributed by atoms with Gasteiger partial charge in [-0.25, -0.2) is 4.98 Å². The van der Waals surface area contributed by atoms with E-state index in [1.165, 1.54) is 18.3 Å². The van der Waals surface area contributed by atoms with E-state index in [9.17, 15) is 13.2 Å². The van der Waals surface area contributed by atoms with Crippen LogP contribution in [0.3, 0.4) is 0 Å². The van der Waals surface area contributed by atoms with Crippen molar-refractivity contribution < 1.29 is 13.2 Å². The summed E-state index contributed by atoms with van der Waals surface area (Å²) in [7, 11) is 0. The molecule has 0 spiro atoms. The van der Waals surface area contributed by atoms with E-state index in [1.807, 2.05) is 0 Å². The molecule has 0 atom stereocenters. The quantitative estimate of drug-likeness (QED) is 0.906. The van der Waals surface area contributed by atoms with Crippen LogP contribution in [0.5, 0.6) is 0 Å². The lowest BCUT2D eigenvalue weighted by Gasteiger charge is -2.13. The fraction of sp³-hybridized carbons (Fsp3) is 0.154. The lowest BCUT2D eigenvalue weighted by atomic mass is 10.1. The van der Waals surface area contributed by atoms with Gasteiger partial charge in [-0.1, -0.05) is 29.8 Å². The van der Waals surface area contributed by atoms with E-state index >= 15 is 0 Å². The minimum Gasteiger partial charge on any atom is -0.365 e. The van der Waals surface area contributed by atoms with Gasteiger partial charge in [-0.05, 0) is 23.8 Å². The maximum absolute atomic E-state index is 12.8. The topological polar surface area (TPSA) is 24.9 Å². The van der Waals surface area contributed by atoms with Gasteiger partial charge in [0.15, 0.2) is 0 Å². The highest BCUT2D eigenvalue weighted by molar-refractivity contribution is 6.32. The molecule has 2 rings (SSSR count). The molecule has 0 bridgehead atoms. The van der Waals surface area contributed by atoms with E-state index in [4.69, 9.17) is 11.6 Å². The highest BCUT2D eigenvalue weighted by atomic mass is 35.5. The first kappa shape index (κ1) is 13.7. The first-order chi connectivity index (χ1) is 8.98. The van der Waals surface area contributed by atoms with Crippen LogP contribution < -0.4 is 5.32 Å². The summed E-state index contributed by atoms with van der Waals surface area (Å²) in [6.07, 6.45) is -2.85. The van der Waals surface area contributed by atoms with Gasteiger partial charge in [-0.15, -0.1) is 0 Å². The lowest BCUT2D eigenvalue weighted by molar-refractivity contribution is -0.138. The van der Waals surface area contributed by atoms with Gasteiger partial charge < -0.3 is 5.32 Å². The second kappa shape index (κ2) is 5.48. The molecule has 100 valence electrons. The van der Waals surface area contributed by atoms with Gasteiger partial charge in [0.1, 0.15) is 5.82 Å². The van der Waals surface area contributed by atoms with Crippen molar-refractivity contribution in [3.63, 3.8) is 0 Å². The average molecular weight is 287 g/mol. The number of nitrogens with zero attached hydrogens (tertiary/aromatic N) is 1. The summed E-state index contributed by atoms with van der Waals surface area (Å²) in [5.74, 6) is 0.362. The Morgan fingerprint density at radius 1 is 1.11 bits per heavy atom. The van der Waals surface area contributed by atoms with Crippen LogP contribution in [0, 0.1) is 0 Å². The molecule has 0 saturated carbocycles. The predicted molar refractivity (Wildman–Crippen MR) is 68.0 cm³/mol. The molecule has 2 nitrogen and oxygen atoms in total. The normalized spacial score (nSPS) is 11.4. The molecule has 1 N–H and O–H groups in total. The molecule has 0 radical (unpaired) electrons. The van der Waals surface area contributed by atoms with Crippen LogP contribution in [0.1, 0.15) is 11.1 Å². The van der Waals surface area contributed by atoms with Crippen LogP contribution in [0.15, 0.2) is 42.6 Å². The molecule has 19 heavy (non-hydrogen) atoms. The summed E-state index contributed by atoms with van der Waals surface area (Å²) in [5, 5.41) is 3.17. The van der Waals surface area contributed by atoms with Gasteiger partial charge in [0.2, 0.25) is 0 Å². The molecule has 2 aromatic rings. The van der Waals surface area contributed by atoms with E-state index in [1.54, 1.807) is 18.2 Å². The largest absolute Gasteiger partial charge is 0.416 e. The van der Waals surface area contributed by atoms with Gasteiger partial charge >= 0.3 is 6.18 Å². The summed E-state index contributed by atoms with van der Waals surface area (Å²) in [6, 6.07) is 8.67. The molecule has 6 heteroatoms. The summed E-state index contributed by atoms with van der Waals surface area (Å²) < 4.78 is 38.4. The van der Waals surface area contributed by atoms with Crippen LogP contribution in [0.2, 0.25) is 5.02 Å². The van der Waals surface area contributed by atoms with E-state index < -0.39 is 11.7 Å². The zero-order chi connectivity index (χ0) is 13.9. The standard InChI is InChI=1S/C13H10ClF3N2/c14-11-6-3-7-18-12(11)19-8-9-4-1-2-5-10(9)13(15,16)17/h1-7H,8H2,(H,18,19). The maximum atomic E-state index is 12.8. The van der Waals surface area contributed by atoms with Crippen molar-refractivity contribution in [1.82, 2.24) is 4.98 Å². The molecular weight excluding hydrogens is 277 g/mol. The fourth-order valence-corrected chi connectivity index (χ4v) is 1.83. The maximum Gasteiger partial charge on any atom is 0.416 e. The molecule has 0 aliphatic rings. The SMILES string of the molecule is FC(F)(F)c1ccccc1CNc1ncccc1Cl. The number of nitrogens with one attached hydrogen (secondary N) is 1. The van der Waals surface area contributed by atoms with Gasteiger partial charge in [0.25, 0.3) is 0 Å². The Bertz CT molecular complexity index is 570. The number of hydrogen-bond acceptors (Lipinski definition) is 2. The minimum atomic E-state index is -4.37. The fourth-order valence-electron chi connectivity index (χ4n) is 1.65. The van der Waals surface area contributed by atoms with Crippen molar-refractivity contribution >= 4 is 17.4 Å². The number of rotatable bonds is 3. The smallest absolute Gasteiger partial charge is 0.365 e. The number of halogens is 4. The van der Waals surface area contributed by atoms with Crippen LogP contribution in [-0.4, -0.2) is 4.98 Å². The summed E-state index contributed by atoms with van der Waals surface area (Å²) >= 11 is 5.87. The molecule has 1 aromatic carbocycles. The van der Waals surface area contributed by atoms with Crippen molar-refractivity contribution in [2.24, 2.45) is 0 Å². The summed E-state index contributed by atoms with van der Waals surface area (Å²) in [4.78, 5) is 3.96. The first-order valence-corrected chi connectivity index (χ1v) is 5.86. The van der Waals surface area contributed by atoms with E-state index in [2.05, 4.69) is 10.3 Å². The Hall–Kier alpha value is -1.75. The average Bonchev–Trinajstić information content (AvgIpc) is 2.37. The molecule has 0 aliphatic heterocycles. The monoisotopic (exact) mass is 286 g/mol. The summed E-state index contributed by atoms with van der Waals surface area (Å²) in [6.45, 7) is 0.00637. The number of benzene rings is 1. The van der Waals surface area contributed by atoms with Gasteiger partial charge in [0, 0.05) is 12.7 Å². The Kier molecular flexibility index (Phi) is 3.95. The van der Waals surface area contributed by atoms with E-state index in [0.717, 1.165) is 6.07 Å². The third-order valence-corrected chi connectivity index (χ3v) is 2.83. The Balaban J connectivity index is 2.19. The van der Waals surface area contributed by atoms with Crippen molar-refractivity contribution in [2.45, 2.75) is 12.7 Å². The minimum absolute atomic E-state index is 0.00637. The highest BCUT2D eigenvalue weighted by Gasteiger charge is 2.32. The number of pyridine rings is 1. The van der Waals surface area contributed by atoms with Gasteiger partial charge in [-0.3, -0.25) is 0 Å². The van der Waals surface area contributed by atoms with Crippen LogP contribution in [-0.2, 0) is 12.7 Å². The number of hydrogen-bond donors (Lipinski definition) is 1. The zero-order valence-corrected chi connectivity index (χ0v) is 10.5. The Morgan fingerprint density at radius 2 is 1.84 bits per heavy atom. The zero-order valence-electron chi connectivity index (χ0n) is 9.71. The van der Waals surface area contributed by atoms with Crippen molar-refractivity contribution in [3.8, 4) is 0 Å². The van der Waals surface area contributed by atoms with Crippen molar-refractivity contribution in [2.75, 3.05) is 5.32 Å². The van der Waals surface area contributed by atoms with Gasteiger partial charge in [0.05, 0.1) is 10.6 Å². The Labute approximate surface area is 113 Å². The molecule has 0 amide bonds. The Morgan fingerprint density at radius 3 is 2.53 bits per heavy atom. The van der Waals surface area contributed by atoms with Crippen LogP contribution >= 0.6 is 11.6 Å². The van der Waals surface area contributed by atoms with Gasteiger partial charge in [-0.2, -0.15) is 13.2 Å². The molecule has 0 unspecified atom stereocenters. The number of alkyl halides is 3. The third-order valence-electron chi connectivity index (χ3n) is 2.53. The van der Waals surface area contributed by atoms with E-state index in [-0.39, 0.29) is 12.1 Å². The van der Waals surface area contributed by atoms with Crippen molar-refractivity contribution in [1.29, 1.82) is 0 Å². The molecule has 1 aromatic heterocycles. The summed E-state index contributed by atoms with van der Waals surface area (Å²) in [5.41, 5.74) is -0.508. The molecule has 0 fully saturated rings. The highest BCUT2D eigenvalue weighted by Crippen LogP contribution is 2.32. The molecular formula is C13H10ClF3N2. The van der Waals surface area contributed by atoms with Crippen LogP contribution in [0.4, 0.5) is 19.0 Å². The van der Waals surface area contributed by atoms with E-state index in [0.29, 0.717) is 10.8 Å². The second-order valence-electron chi connectivity index (χ2n) is 3.84.